The van der Waals surface area contributed by atoms with Gasteiger partial charge in [0.15, 0.2) is 0 Å². The van der Waals surface area contributed by atoms with E-state index in [9.17, 15) is 4.79 Å². The third-order valence-corrected chi connectivity index (χ3v) is 2.86. The standard InChI is InChI=1S/C18H18O4/c1-3-21-18(19)17(22-16-7-5-4-6-8-16)13-14-9-11-15(20-2)12-10-14/h4-13H,3H2,1-2H3/b17-13-. The molecule has 114 valence electrons. The van der Waals surface area contributed by atoms with Gasteiger partial charge in [0.05, 0.1) is 13.7 Å². The average molecular weight is 298 g/mol. The van der Waals surface area contributed by atoms with Gasteiger partial charge in [-0.05, 0) is 42.8 Å². The molecule has 2 rings (SSSR count). The van der Waals surface area contributed by atoms with Crippen LogP contribution in [0.2, 0.25) is 0 Å². The van der Waals surface area contributed by atoms with E-state index in [1.54, 1.807) is 32.2 Å². The van der Waals surface area contributed by atoms with Crippen LogP contribution >= 0.6 is 0 Å². The lowest BCUT2D eigenvalue weighted by Gasteiger charge is -2.09. The van der Waals surface area contributed by atoms with Gasteiger partial charge in [-0.2, -0.15) is 0 Å². The van der Waals surface area contributed by atoms with E-state index in [0.717, 1.165) is 11.3 Å². The quantitative estimate of drug-likeness (QED) is 0.463. The van der Waals surface area contributed by atoms with Crippen LogP contribution in [-0.2, 0) is 9.53 Å². The lowest BCUT2D eigenvalue weighted by Crippen LogP contribution is -2.12. The molecule has 4 nitrogen and oxygen atoms in total. The molecule has 4 heteroatoms. The molecule has 0 unspecified atom stereocenters. The molecule has 2 aromatic rings. The number of carbonyl (C=O) groups is 1. The van der Waals surface area contributed by atoms with E-state index in [-0.39, 0.29) is 12.4 Å². The van der Waals surface area contributed by atoms with E-state index >= 15 is 0 Å². The Morgan fingerprint density at radius 1 is 1.00 bits per heavy atom. The smallest absolute Gasteiger partial charge is 0.374 e. The summed E-state index contributed by atoms with van der Waals surface area (Å²) in [4.78, 5) is 12.0. The number of rotatable bonds is 6. The predicted octanol–water partition coefficient (Wildman–Crippen LogP) is 3.68. The normalized spacial score (nSPS) is 10.9. The minimum atomic E-state index is -0.498. The van der Waals surface area contributed by atoms with Crippen molar-refractivity contribution in [1.82, 2.24) is 0 Å². The van der Waals surface area contributed by atoms with Crippen molar-refractivity contribution in [2.45, 2.75) is 6.92 Å². The van der Waals surface area contributed by atoms with Crippen molar-refractivity contribution in [1.29, 1.82) is 0 Å². The second-order valence-electron chi connectivity index (χ2n) is 4.42. The molecule has 0 atom stereocenters. The number of hydrogen-bond donors (Lipinski definition) is 0. The SMILES string of the molecule is CCOC(=O)/C(=C/c1ccc(OC)cc1)Oc1ccccc1. The molecule has 0 saturated heterocycles. The fourth-order valence-corrected chi connectivity index (χ4v) is 1.80. The number of methoxy groups -OCH3 is 1. The van der Waals surface area contributed by atoms with E-state index in [4.69, 9.17) is 14.2 Å². The molecular formula is C18H18O4. The Balaban J connectivity index is 2.26. The fourth-order valence-electron chi connectivity index (χ4n) is 1.80. The van der Waals surface area contributed by atoms with Gasteiger partial charge in [-0.15, -0.1) is 0 Å². The van der Waals surface area contributed by atoms with Crippen LogP contribution in [0, 0.1) is 0 Å². The molecule has 0 radical (unpaired) electrons. The molecule has 0 fully saturated rings. The monoisotopic (exact) mass is 298 g/mol. The van der Waals surface area contributed by atoms with E-state index in [2.05, 4.69) is 0 Å². The van der Waals surface area contributed by atoms with Crippen molar-refractivity contribution in [3.63, 3.8) is 0 Å². The Bertz CT molecular complexity index is 630. The minimum Gasteiger partial charge on any atom is -0.497 e. The summed E-state index contributed by atoms with van der Waals surface area (Å²) in [5.74, 6) is 0.967. The van der Waals surface area contributed by atoms with E-state index < -0.39 is 5.97 Å². The maximum Gasteiger partial charge on any atom is 0.374 e. The maximum atomic E-state index is 12.0. The van der Waals surface area contributed by atoms with Crippen molar-refractivity contribution in [2.75, 3.05) is 13.7 Å². The summed E-state index contributed by atoms with van der Waals surface area (Å²) in [5, 5.41) is 0. The first kappa shape index (κ1) is 15.6. The molecule has 0 heterocycles. The van der Waals surface area contributed by atoms with Crippen LogP contribution in [0.25, 0.3) is 6.08 Å². The average Bonchev–Trinajstić information content (AvgIpc) is 2.56. The first-order chi connectivity index (χ1) is 10.7. The predicted molar refractivity (Wildman–Crippen MR) is 84.7 cm³/mol. The molecule has 0 spiro atoms. The number of ether oxygens (including phenoxy) is 3. The maximum absolute atomic E-state index is 12.0. The zero-order chi connectivity index (χ0) is 15.8. The lowest BCUT2D eigenvalue weighted by molar-refractivity contribution is -0.140. The van der Waals surface area contributed by atoms with E-state index in [1.807, 2.05) is 42.5 Å². The zero-order valence-corrected chi connectivity index (χ0v) is 12.6. The minimum absolute atomic E-state index is 0.137. The summed E-state index contributed by atoms with van der Waals surface area (Å²) in [7, 11) is 1.60. The lowest BCUT2D eigenvalue weighted by atomic mass is 10.2. The number of para-hydroxylation sites is 1. The molecule has 0 aromatic heterocycles. The Hall–Kier alpha value is -2.75. The van der Waals surface area contributed by atoms with Gasteiger partial charge in [-0.1, -0.05) is 30.3 Å². The second kappa shape index (κ2) is 7.88. The van der Waals surface area contributed by atoms with Crippen molar-refractivity contribution in [3.05, 3.63) is 65.9 Å². The van der Waals surface area contributed by atoms with E-state index in [0.29, 0.717) is 5.75 Å². The van der Waals surface area contributed by atoms with Gasteiger partial charge < -0.3 is 14.2 Å². The molecule has 0 saturated carbocycles. The first-order valence-corrected chi connectivity index (χ1v) is 6.98. The highest BCUT2D eigenvalue weighted by atomic mass is 16.6. The summed E-state index contributed by atoms with van der Waals surface area (Å²) in [6.07, 6.45) is 1.64. The van der Waals surface area contributed by atoms with Gasteiger partial charge in [0.2, 0.25) is 5.76 Å². The van der Waals surface area contributed by atoms with Crippen molar-refractivity contribution >= 4 is 12.0 Å². The van der Waals surface area contributed by atoms with Gasteiger partial charge in [-0.25, -0.2) is 4.79 Å². The van der Waals surface area contributed by atoms with Gasteiger partial charge in [0.25, 0.3) is 0 Å². The van der Waals surface area contributed by atoms with Gasteiger partial charge in [0.1, 0.15) is 11.5 Å². The van der Waals surface area contributed by atoms with Crippen LogP contribution in [0.1, 0.15) is 12.5 Å². The number of carbonyl (C=O) groups excluding carboxylic acids is 1. The number of hydrogen-bond acceptors (Lipinski definition) is 4. The topological polar surface area (TPSA) is 44.8 Å². The largest absolute Gasteiger partial charge is 0.497 e. The van der Waals surface area contributed by atoms with Crippen LogP contribution in [0.4, 0.5) is 0 Å². The zero-order valence-electron chi connectivity index (χ0n) is 12.6. The first-order valence-electron chi connectivity index (χ1n) is 6.98. The van der Waals surface area contributed by atoms with Crippen LogP contribution in [0.3, 0.4) is 0 Å². The van der Waals surface area contributed by atoms with Crippen LogP contribution in [0.5, 0.6) is 11.5 Å². The van der Waals surface area contributed by atoms with Gasteiger partial charge in [0, 0.05) is 0 Å². The Labute approximate surface area is 129 Å². The molecule has 0 N–H and O–H groups in total. The molecular weight excluding hydrogens is 280 g/mol. The van der Waals surface area contributed by atoms with Gasteiger partial charge >= 0.3 is 5.97 Å². The summed E-state index contributed by atoms with van der Waals surface area (Å²) in [6.45, 7) is 2.04. The Morgan fingerprint density at radius 3 is 2.27 bits per heavy atom. The summed E-state index contributed by atoms with van der Waals surface area (Å²) in [6, 6.07) is 16.4. The van der Waals surface area contributed by atoms with E-state index in [1.165, 1.54) is 0 Å². The van der Waals surface area contributed by atoms with Crippen molar-refractivity contribution in [2.24, 2.45) is 0 Å². The van der Waals surface area contributed by atoms with Crippen molar-refractivity contribution in [3.8, 4) is 11.5 Å². The molecule has 0 amide bonds. The highest BCUT2D eigenvalue weighted by molar-refractivity contribution is 5.92. The number of benzene rings is 2. The fraction of sp³-hybridized carbons (Fsp3) is 0.167. The van der Waals surface area contributed by atoms with Crippen molar-refractivity contribution < 1.29 is 19.0 Å². The highest BCUT2D eigenvalue weighted by Gasteiger charge is 2.13. The number of esters is 1. The molecule has 2 aromatic carbocycles. The van der Waals surface area contributed by atoms with Crippen LogP contribution in [0.15, 0.2) is 60.4 Å². The second-order valence-corrected chi connectivity index (χ2v) is 4.42. The third-order valence-electron chi connectivity index (χ3n) is 2.86. The summed E-state index contributed by atoms with van der Waals surface area (Å²) in [5.41, 5.74) is 0.819. The molecule has 22 heavy (non-hydrogen) atoms. The highest BCUT2D eigenvalue weighted by Crippen LogP contribution is 2.18. The Kier molecular flexibility index (Phi) is 5.60. The third kappa shape index (κ3) is 4.38. The molecule has 0 bridgehead atoms. The van der Waals surface area contributed by atoms with Crippen LogP contribution < -0.4 is 9.47 Å². The molecule has 0 aliphatic rings. The van der Waals surface area contributed by atoms with Gasteiger partial charge in [-0.3, -0.25) is 0 Å². The van der Waals surface area contributed by atoms with Crippen LogP contribution in [-0.4, -0.2) is 19.7 Å². The Morgan fingerprint density at radius 2 is 1.68 bits per heavy atom. The molecule has 0 aliphatic carbocycles. The summed E-state index contributed by atoms with van der Waals surface area (Å²) < 4.78 is 15.8. The molecule has 0 aliphatic heterocycles. The summed E-state index contributed by atoms with van der Waals surface area (Å²) >= 11 is 0.